The van der Waals surface area contributed by atoms with Crippen LogP contribution in [0.1, 0.15) is 5.56 Å². The van der Waals surface area contributed by atoms with Crippen molar-refractivity contribution in [3.63, 3.8) is 0 Å². The first kappa shape index (κ1) is 15.1. The molecule has 0 heterocycles. The summed E-state index contributed by atoms with van der Waals surface area (Å²) in [5.41, 5.74) is 2.60. The molecule has 2 N–H and O–H groups in total. The number of amides is 1. The highest BCUT2D eigenvalue weighted by atomic mass is 127. The summed E-state index contributed by atoms with van der Waals surface area (Å²) in [7, 11) is 0. The average Bonchev–Trinajstić information content (AvgIpc) is 2.43. The Morgan fingerprint density at radius 3 is 2.60 bits per heavy atom. The van der Waals surface area contributed by atoms with Crippen molar-refractivity contribution in [2.45, 2.75) is 6.92 Å². The van der Waals surface area contributed by atoms with Crippen molar-refractivity contribution in [3.8, 4) is 0 Å². The van der Waals surface area contributed by atoms with Gasteiger partial charge < -0.3 is 10.6 Å². The summed E-state index contributed by atoms with van der Waals surface area (Å²) in [5, 5.41) is 6.61. The molecular formula is C15H14ClIN2O. The van der Waals surface area contributed by atoms with Gasteiger partial charge in [0, 0.05) is 20.0 Å². The highest BCUT2D eigenvalue weighted by Gasteiger charge is 2.05. The molecule has 0 aromatic heterocycles. The van der Waals surface area contributed by atoms with Gasteiger partial charge in [0.05, 0.1) is 6.54 Å². The largest absolute Gasteiger partial charge is 0.376 e. The number of rotatable bonds is 4. The van der Waals surface area contributed by atoms with Gasteiger partial charge in [-0.3, -0.25) is 4.79 Å². The summed E-state index contributed by atoms with van der Waals surface area (Å²) in [4.78, 5) is 11.9. The first-order valence-corrected chi connectivity index (χ1v) is 7.56. The van der Waals surface area contributed by atoms with Gasteiger partial charge in [0.25, 0.3) is 0 Å². The van der Waals surface area contributed by atoms with Crippen LogP contribution in [0.25, 0.3) is 0 Å². The lowest BCUT2D eigenvalue weighted by Gasteiger charge is -2.11. The lowest BCUT2D eigenvalue weighted by molar-refractivity contribution is -0.114. The van der Waals surface area contributed by atoms with E-state index in [0.717, 1.165) is 20.5 Å². The van der Waals surface area contributed by atoms with E-state index in [-0.39, 0.29) is 12.5 Å². The molecule has 3 nitrogen and oxygen atoms in total. The van der Waals surface area contributed by atoms with Crippen molar-refractivity contribution in [3.05, 3.63) is 56.6 Å². The number of benzene rings is 2. The highest BCUT2D eigenvalue weighted by molar-refractivity contribution is 14.1. The second kappa shape index (κ2) is 6.95. The standard InChI is InChI=1S/C15H14ClIN2O/c1-10-13(16)3-2-4-14(10)18-9-15(20)19-12-7-5-11(17)6-8-12/h2-8,18H,9H2,1H3,(H,19,20). The maximum absolute atomic E-state index is 11.9. The molecule has 5 heteroatoms. The molecule has 0 saturated carbocycles. The number of hydrogen-bond acceptors (Lipinski definition) is 2. The van der Waals surface area contributed by atoms with Gasteiger partial charge in [-0.15, -0.1) is 0 Å². The second-order valence-corrected chi connectivity index (χ2v) is 5.97. The third-order valence-electron chi connectivity index (χ3n) is 2.84. The summed E-state index contributed by atoms with van der Waals surface area (Å²) >= 11 is 8.26. The Morgan fingerprint density at radius 2 is 1.90 bits per heavy atom. The van der Waals surface area contributed by atoms with Gasteiger partial charge in [-0.05, 0) is 71.5 Å². The molecule has 2 aromatic carbocycles. The lowest BCUT2D eigenvalue weighted by atomic mass is 10.2. The first-order valence-electron chi connectivity index (χ1n) is 6.10. The van der Waals surface area contributed by atoms with Gasteiger partial charge in [0.2, 0.25) is 5.91 Å². The third-order valence-corrected chi connectivity index (χ3v) is 3.96. The molecule has 0 aliphatic carbocycles. The summed E-state index contributed by atoms with van der Waals surface area (Å²) in [6.45, 7) is 2.12. The minimum atomic E-state index is -0.0921. The van der Waals surface area contributed by atoms with Gasteiger partial charge >= 0.3 is 0 Å². The van der Waals surface area contributed by atoms with E-state index in [1.165, 1.54) is 0 Å². The van der Waals surface area contributed by atoms with Crippen LogP contribution in [0.5, 0.6) is 0 Å². The molecule has 0 saturated heterocycles. The number of carbonyl (C=O) groups is 1. The zero-order valence-electron chi connectivity index (χ0n) is 10.9. The van der Waals surface area contributed by atoms with E-state index in [1.807, 2.05) is 49.4 Å². The maximum atomic E-state index is 11.9. The Balaban J connectivity index is 1.92. The molecular weight excluding hydrogens is 387 g/mol. The average molecular weight is 401 g/mol. The normalized spacial score (nSPS) is 10.2. The van der Waals surface area contributed by atoms with E-state index in [2.05, 4.69) is 33.2 Å². The van der Waals surface area contributed by atoms with Crippen LogP contribution in [0.3, 0.4) is 0 Å². The predicted molar refractivity (Wildman–Crippen MR) is 92.5 cm³/mol. The van der Waals surface area contributed by atoms with Crippen molar-refractivity contribution < 1.29 is 4.79 Å². The van der Waals surface area contributed by atoms with Crippen LogP contribution < -0.4 is 10.6 Å². The molecule has 0 aliphatic heterocycles. The molecule has 0 bridgehead atoms. The summed E-state index contributed by atoms with van der Waals surface area (Å²) < 4.78 is 1.13. The van der Waals surface area contributed by atoms with Crippen molar-refractivity contribution in [2.75, 3.05) is 17.2 Å². The van der Waals surface area contributed by atoms with E-state index in [9.17, 15) is 4.79 Å². The van der Waals surface area contributed by atoms with Crippen LogP contribution in [0.15, 0.2) is 42.5 Å². The van der Waals surface area contributed by atoms with Crippen LogP contribution in [-0.4, -0.2) is 12.5 Å². The first-order chi connectivity index (χ1) is 9.56. The second-order valence-electron chi connectivity index (χ2n) is 4.32. The van der Waals surface area contributed by atoms with E-state index in [4.69, 9.17) is 11.6 Å². The van der Waals surface area contributed by atoms with Gasteiger partial charge in [0.1, 0.15) is 0 Å². The molecule has 0 spiro atoms. The van der Waals surface area contributed by atoms with Crippen molar-refractivity contribution in [2.24, 2.45) is 0 Å². The zero-order valence-corrected chi connectivity index (χ0v) is 13.8. The fourth-order valence-corrected chi connectivity index (χ4v) is 2.25. The zero-order chi connectivity index (χ0) is 14.5. The number of anilines is 2. The van der Waals surface area contributed by atoms with Crippen LogP contribution in [-0.2, 0) is 4.79 Å². The van der Waals surface area contributed by atoms with Crippen LogP contribution >= 0.6 is 34.2 Å². The molecule has 0 fully saturated rings. The number of halogens is 2. The van der Waals surface area contributed by atoms with Gasteiger partial charge in [-0.1, -0.05) is 17.7 Å². The minimum Gasteiger partial charge on any atom is -0.376 e. The molecule has 2 rings (SSSR count). The van der Waals surface area contributed by atoms with E-state index < -0.39 is 0 Å². The Kier molecular flexibility index (Phi) is 5.25. The smallest absolute Gasteiger partial charge is 0.243 e. The molecule has 2 aromatic rings. The van der Waals surface area contributed by atoms with E-state index in [0.29, 0.717) is 5.02 Å². The third kappa shape index (κ3) is 4.11. The van der Waals surface area contributed by atoms with Gasteiger partial charge in [0.15, 0.2) is 0 Å². The van der Waals surface area contributed by atoms with Crippen molar-refractivity contribution in [1.82, 2.24) is 0 Å². The van der Waals surface area contributed by atoms with Crippen molar-refractivity contribution >= 4 is 51.5 Å². The number of hydrogen-bond donors (Lipinski definition) is 2. The monoisotopic (exact) mass is 400 g/mol. The SMILES string of the molecule is Cc1c(Cl)cccc1NCC(=O)Nc1ccc(I)cc1. The van der Waals surface area contributed by atoms with Crippen LogP contribution in [0, 0.1) is 10.5 Å². The Morgan fingerprint density at radius 1 is 1.20 bits per heavy atom. The van der Waals surface area contributed by atoms with Gasteiger partial charge in [-0.2, -0.15) is 0 Å². The Bertz CT molecular complexity index is 614. The quantitative estimate of drug-likeness (QED) is 0.751. The molecule has 0 aliphatic rings. The molecule has 1 amide bonds. The fourth-order valence-electron chi connectivity index (χ4n) is 1.71. The fraction of sp³-hybridized carbons (Fsp3) is 0.133. The summed E-state index contributed by atoms with van der Waals surface area (Å²) in [6.07, 6.45) is 0. The summed E-state index contributed by atoms with van der Waals surface area (Å²) in [6, 6.07) is 13.2. The number of nitrogens with one attached hydrogen (secondary N) is 2. The predicted octanol–water partition coefficient (Wildman–Crippen LogP) is 4.30. The molecule has 0 unspecified atom stereocenters. The van der Waals surface area contributed by atoms with E-state index in [1.54, 1.807) is 0 Å². The van der Waals surface area contributed by atoms with Crippen molar-refractivity contribution in [1.29, 1.82) is 0 Å². The summed E-state index contributed by atoms with van der Waals surface area (Å²) in [5.74, 6) is -0.0921. The molecule has 104 valence electrons. The maximum Gasteiger partial charge on any atom is 0.243 e. The van der Waals surface area contributed by atoms with Gasteiger partial charge in [-0.25, -0.2) is 0 Å². The molecule has 0 radical (unpaired) electrons. The highest BCUT2D eigenvalue weighted by Crippen LogP contribution is 2.22. The topological polar surface area (TPSA) is 41.1 Å². The van der Waals surface area contributed by atoms with Crippen LogP contribution in [0.2, 0.25) is 5.02 Å². The Hall–Kier alpha value is -1.27. The van der Waals surface area contributed by atoms with Crippen LogP contribution in [0.4, 0.5) is 11.4 Å². The molecule has 0 atom stereocenters. The minimum absolute atomic E-state index is 0.0921. The van der Waals surface area contributed by atoms with E-state index >= 15 is 0 Å². The Labute approximate surface area is 136 Å². The molecule has 20 heavy (non-hydrogen) atoms. The lowest BCUT2D eigenvalue weighted by Crippen LogP contribution is -2.22. The number of carbonyl (C=O) groups excluding carboxylic acids is 1.